The van der Waals surface area contributed by atoms with Crippen LogP contribution in [-0.4, -0.2) is 6.54 Å². The van der Waals surface area contributed by atoms with Gasteiger partial charge >= 0.3 is 0 Å². The largest absolute Gasteiger partial charge is 0.312 e. The summed E-state index contributed by atoms with van der Waals surface area (Å²) in [4.78, 5) is 0. The normalized spacial score (nSPS) is 24.2. The van der Waals surface area contributed by atoms with E-state index in [9.17, 15) is 0 Å². The van der Waals surface area contributed by atoms with Gasteiger partial charge in [0.25, 0.3) is 0 Å². The number of rotatable bonds is 4. The molecule has 2 unspecified atom stereocenters. The predicted molar refractivity (Wildman–Crippen MR) is 74.1 cm³/mol. The number of nitrogens with one attached hydrogen (secondary N) is 1. The lowest BCUT2D eigenvalue weighted by Gasteiger charge is -2.16. The Morgan fingerprint density at radius 3 is 2.41 bits per heavy atom. The van der Waals surface area contributed by atoms with Crippen LogP contribution < -0.4 is 5.32 Å². The summed E-state index contributed by atoms with van der Waals surface area (Å²) in [6.07, 6.45) is 4.27. The second kappa shape index (κ2) is 5.68. The summed E-state index contributed by atoms with van der Waals surface area (Å²) in [5.41, 5.74) is 4.17. The van der Waals surface area contributed by atoms with Crippen LogP contribution in [0.5, 0.6) is 0 Å². The molecule has 1 heteroatoms. The Morgan fingerprint density at radius 1 is 1.12 bits per heavy atom. The Kier molecular flexibility index (Phi) is 4.22. The number of hydrogen-bond donors (Lipinski definition) is 1. The van der Waals surface area contributed by atoms with Crippen molar-refractivity contribution in [1.29, 1.82) is 0 Å². The van der Waals surface area contributed by atoms with Crippen LogP contribution >= 0.6 is 0 Å². The third kappa shape index (κ3) is 3.57. The maximum atomic E-state index is 3.63. The summed E-state index contributed by atoms with van der Waals surface area (Å²) >= 11 is 0. The molecule has 0 spiro atoms. The number of aryl methyl sites for hydroxylation is 2. The molecule has 0 saturated heterocycles. The van der Waals surface area contributed by atoms with Gasteiger partial charge in [-0.3, -0.25) is 0 Å². The van der Waals surface area contributed by atoms with Crippen molar-refractivity contribution in [2.45, 2.75) is 46.6 Å². The van der Waals surface area contributed by atoms with Gasteiger partial charge in [0, 0.05) is 6.54 Å². The fraction of sp³-hybridized carbons (Fsp3) is 0.625. The van der Waals surface area contributed by atoms with Crippen molar-refractivity contribution in [3.05, 3.63) is 34.9 Å². The molecular weight excluding hydrogens is 206 g/mol. The molecule has 0 aromatic heterocycles. The Morgan fingerprint density at radius 2 is 1.82 bits per heavy atom. The Labute approximate surface area is 106 Å². The van der Waals surface area contributed by atoms with E-state index in [-0.39, 0.29) is 0 Å². The summed E-state index contributed by atoms with van der Waals surface area (Å²) in [6.45, 7) is 8.96. The Hall–Kier alpha value is -0.820. The zero-order chi connectivity index (χ0) is 12.3. The van der Waals surface area contributed by atoms with Gasteiger partial charge < -0.3 is 5.32 Å². The summed E-state index contributed by atoms with van der Waals surface area (Å²) < 4.78 is 0. The highest BCUT2D eigenvalue weighted by Crippen LogP contribution is 2.30. The molecule has 1 nitrogen and oxygen atoms in total. The minimum Gasteiger partial charge on any atom is -0.312 e. The van der Waals surface area contributed by atoms with Crippen molar-refractivity contribution >= 4 is 0 Å². The standard InChI is InChI=1S/C16H25N/c1-12-7-13(2)9-15(8-12)10-17-11-16-6-4-5-14(16)3/h7-9,14,16-17H,4-6,10-11H2,1-3H3. The molecule has 1 N–H and O–H groups in total. The molecule has 17 heavy (non-hydrogen) atoms. The van der Waals surface area contributed by atoms with Gasteiger partial charge in [-0.05, 0) is 44.2 Å². The first-order chi connectivity index (χ1) is 8.15. The Bertz CT molecular complexity index is 350. The van der Waals surface area contributed by atoms with Crippen molar-refractivity contribution in [3.8, 4) is 0 Å². The average Bonchev–Trinajstić information content (AvgIpc) is 2.63. The van der Waals surface area contributed by atoms with Gasteiger partial charge in [-0.2, -0.15) is 0 Å². The van der Waals surface area contributed by atoms with Gasteiger partial charge in [0.15, 0.2) is 0 Å². The van der Waals surface area contributed by atoms with Gasteiger partial charge in [0.05, 0.1) is 0 Å². The maximum absolute atomic E-state index is 3.63. The predicted octanol–water partition coefficient (Wildman–Crippen LogP) is 3.83. The quantitative estimate of drug-likeness (QED) is 0.830. The second-order valence-corrected chi connectivity index (χ2v) is 5.80. The minimum atomic E-state index is 0.904. The lowest BCUT2D eigenvalue weighted by Crippen LogP contribution is -2.24. The molecule has 1 aromatic rings. The van der Waals surface area contributed by atoms with Crippen LogP contribution in [0.1, 0.15) is 42.9 Å². The lowest BCUT2D eigenvalue weighted by atomic mass is 9.98. The van der Waals surface area contributed by atoms with Crippen LogP contribution in [0.3, 0.4) is 0 Å². The fourth-order valence-corrected chi connectivity index (χ4v) is 3.10. The lowest BCUT2D eigenvalue weighted by molar-refractivity contribution is 0.392. The zero-order valence-corrected chi connectivity index (χ0v) is 11.4. The van der Waals surface area contributed by atoms with Crippen LogP contribution in [0.25, 0.3) is 0 Å². The minimum absolute atomic E-state index is 0.904. The molecule has 0 aliphatic heterocycles. The molecule has 2 atom stereocenters. The van der Waals surface area contributed by atoms with Gasteiger partial charge in [-0.1, -0.05) is 49.1 Å². The summed E-state index contributed by atoms with van der Waals surface area (Å²) in [7, 11) is 0. The zero-order valence-electron chi connectivity index (χ0n) is 11.4. The monoisotopic (exact) mass is 231 g/mol. The Balaban J connectivity index is 1.81. The number of hydrogen-bond acceptors (Lipinski definition) is 1. The highest BCUT2D eigenvalue weighted by atomic mass is 14.9. The molecule has 0 bridgehead atoms. The first kappa shape index (κ1) is 12.6. The van der Waals surface area contributed by atoms with Crippen LogP contribution in [0, 0.1) is 25.7 Å². The van der Waals surface area contributed by atoms with Gasteiger partial charge in [0.1, 0.15) is 0 Å². The van der Waals surface area contributed by atoms with Gasteiger partial charge in [-0.15, -0.1) is 0 Å². The first-order valence-corrected chi connectivity index (χ1v) is 6.93. The topological polar surface area (TPSA) is 12.0 Å². The summed E-state index contributed by atoms with van der Waals surface area (Å²) in [5.74, 6) is 1.82. The average molecular weight is 231 g/mol. The molecule has 1 saturated carbocycles. The van der Waals surface area contributed by atoms with E-state index in [4.69, 9.17) is 0 Å². The van der Waals surface area contributed by atoms with Crippen LogP contribution in [-0.2, 0) is 6.54 Å². The SMILES string of the molecule is Cc1cc(C)cc(CNCC2CCCC2C)c1. The van der Waals surface area contributed by atoms with E-state index < -0.39 is 0 Å². The highest BCUT2D eigenvalue weighted by Gasteiger charge is 2.22. The third-order valence-electron chi connectivity index (χ3n) is 4.06. The van der Waals surface area contributed by atoms with Crippen molar-refractivity contribution in [2.24, 2.45) is 11.8 Å². The van der Waals surface area contributed by atoms with E-state index in [1.54, 1.807) is 0 Å². The summed E-state index contributed by atoms with van der Waals surface area (Å²) in [5, 5.41) is 3.63. The molecule has 1 aliphatic rings. The molecular formula is C16H25N. The molecule has 1 aromatic carbocycles. The highest BCUT2D eigenvalue weighted by molar-refractivity contribution is 5.28. The van der Waals surface area contributed by atoms with Crippen molar-refractivity contribution in [1.82, 2.24) is 5.32 Å². The number of benzene rings is 1. The maximum Gasteiger partial charge on any atom is 0.0205 e. The third-order valence-corrected chi connectivity index (χ3v) is 4.06. The molecule has 1 aliphatic carbocycles. The molecule has 94 valence electrons. The van der Waals surface area contributed by atoms with E-state index in [1.807, 2.05) is 0 Å². The van der Waals surface area contributed by atoms with Crippen LogP contribution in [0.4, 0.5) is 0 Å². The fourth-order valence-electron chi connectivity index (χ4n) is 3.10. The van der Waals surface area contributed by atoms with Crippen molar-refractivity contribution in [2.75, 3.05) is 6.54 Å². The van der Waals surface area contributed by atoms with E-state index in [2.05, 4.69) is 44.3 Å². The van der Waals surface area contributed by atoms with Crippen LogP contribution in [0.15, 0.2) is 18.2 Å². The van der Waals surface area contributed by atoms with E-state index >= 15 is 0 Å². The molecule has 0 radical (unpaired) electrons. The van der Waals surface area contributed by atoms with E-state index in [1.165, 1.54) is 42.5 Å². The van der Waals surface area contributed by atoms with E-state index in [0.29, 0.717) is 0 Å². The van der Waals surface area contributed by atoms with Gasteiger partial charge in [-0.25, -0.2) is 0 Å². The first-order valence-electron chi connectivity index (χ1n) is 6.93. The van der Waals surface area contributed by atoms with Crippen molar-refractivity contribution < 1.29 is 0 Å². The summed E-state index contributed by atoms with van der Waals surface area (Å²) in [6, 6.07) is 6.82. The molecule has 0 heterocycles. The van der Waals surface area contributed by atoms with Crippen LogP contribution in [0.2, 0.25) is 0 Å². The molecule has 2 rings (SSSR count). The van der Waals surface area contributed by atoms with Crippen molar-refractivity contribution in [3.63, 3.8) is 0 Å². The van der Waals surface area contributed by atoms with Gasteiger partial charge in [0.2, 0.25) is 0 Å². The molecule has 0 amide bonds. The smallest absolute Gasteiger partial charge is 0.0205 e. The second-order valence-electron chi connectivity index (χ2n) is 5.80. The van der Waals surface area contributed by atoms with E-state index in [0.717, 1.165) is 18.4 Å². The molecule has 1 fully saturated rings.